The van der Waals surface area contributed by atoms with Crippen molar-refractivity contribution in [3.8, 4) is 0 Å². The van der Waals surface area contributed by atoms with Crippen LogP contribution in [0.5, 0.6) is 0 Å². The highest BCUT2D eigenvalue weighted by Gasteiger charge is 2.26. The summed E-state index contributed by atoms with van der Waals surface area (Å²) in [6, 6.07) is 0. The van der Waals surface area contributed by atoms with Crippen LogP contribution >= 0.6 is 7.82 Å². The van der Waals surface area contributed by atoms with Crippen LogP contribution in [0.4, 0.5) is 0 Å². The Morgan fingerprint density at radius 1 is 0.408 bits per heavy atom. The Kier molecular flexibility index (Phi) is 57.0. The Balaban J connectivity index is 3.86. The molecule has 0 aliphatic heterocycles. The molecule has 0 bridgehead atoms. The van der Waals surface area contributed by atoms with Gasteiger partial charge in [0.15, 0.2) is 6.10 Å². The van der Waals surface area contributed by atoms with Gasteiger partial charge in [0.1, 0.15) is 6.61 Å². The van der Waals surface area contributed by atoms with Gasteiger partial charge < -0.3 is 20.1 Å². The first-order valence-corrected chi connectivity index (χ1v) is 32.7. The van der Waals surface area contributed by atoms with E-state index in [0.29, 0.717) is 6.42 Å². The van der Waals surface area contributed by atoms with Crippen LogP contribution in [0.15, 0.2) is 12.2 Å². The maximum atomic E-state index is 12.7. The highest BCUT2D eigenvalue weighted by atomic mass is 31.2. The van der Waals surface area contributed by atoms with Crippen LogP contribution in [-0.4, -0.2) is 49.3 Å². The fourth-order valence-electron chi connectivity index (χ4n) is 9.52. The van der Waals surface area contributed by atoms with Crippen molar-refractivity contribution in [1.82, 2.24) is 0 Å². The van der Waals surface area contributed by atoms with Gasteiger partial charge in [0.05, 0.1) is 13.2 Å². The van der Waals surface area contributed by atoms with Gasteiger partial charge in [-0.15, -0.1) is 0 Å². The molecule has 0 saturated heterocycles. The van der Waals surface area contributed by atoms with Crippen molar-refractivity contribution >= 4 is 19.8 Å². The standard InChI is InChI=1S/C61H120NO8P/c1-3-5-7-9-11-13-15-17-19-21-23-25-26-27-28-29-30-31-32-34-35-37-39-41-43-45-47-49-51-53-60(63)67-57-59(58-69-71(65,66)68-56-55-62)70-61(64)54-52-50-48-46-44-42-40-38-36-33-24-22-20-18-16-14-12-10-8-6-4-2/h22,24,59H,3-21,23,25-58,62H2,1-2H3,(H,65,66)/b24-22-. The van der Waals surface area contributed by atoms with Crippen molar-refractivity contribution < 1.29 is 37.6 Å². The van der Waals surface area contributed by atoms with E-state index in [0.717, 1.165) is 38.5 Å². The average Bonchev–Trinajstić information content (AvgIpc) is 3.36. The second-order valence-electron chi connectivity index (χ2n) is 21.3. The van der Waals surface area contributed by atoms with Gasteiger partial charge in [-0.1, -0.05) is 296 Å². The molecular formula is C61H120NO8P. The molecule has 10 heteroatoms. The zero-order valence-electron chi connectivity index (χ0n) is 47.2. The van der Waals surface area contributed by atoms with Gasteiger partial charge in [0, 0.05) is 19.4 Å². The zero-order valence-corrected chi connectivity index (χ0v) is 48.1. The molecule has 0 aromatic rings. The summed E-state index contributed by atoms with van der Waals surface area (Å²) in [5, 5.41) is 0. The third-order valence-electron chi connectivity index (χ3n) is 14.2. The van der Waals surface area contributed by atoms with Crippen molar-refractivity contribution in [2.24, 2.45) is 5.73 Å². The van der Waals surface area contributed by atoms with Gasteiger partial charge >= 0.3 is 19.8 Å². The maximum Gasteiger partial charge on any atom is 0.472 e. The molecule has 2 unspecified atom stereocenters. The summed E-state index contributed by atoms with van der Waals surface area (Å²) >= 11 is 0. The molecule has 0 saturated carbocycles. The van der Waals surface area contributed by atoms with E-state index in [-0.39, 0.29) is 38.6 Å². The number of phosphoric acid groups is 1. The zero-order chi connectivity index (χ0) is 51.7. The number of esters is 2. The molecular weight excluding hydrogens is 906 g/mol. The third kappa shape index (κ3) is 57.9. The summed E-state index contributed by atoms with van der Waals surface area (Å²) in [6.07, 6.45) is 67.2. The third-order valence-corrected chi connectivity index (χ3v) is 15.1. The molecule has 3 N–H and O–H groups in total. The lowest BCUT2D eigenvalue weighted by Crippen LogP contribution is -2.29. The molecule has 2 atom stereocenters. The second-order valence-corrected chi connectivity index (χ2v) is 22.7. The number of allylic oxidation sites excluding steroid dienone is 2. The number of phosphoric ester groups is 1. The first-order chi connectivity index (χ1) is 34.8. The van der Waals surface area contributed by atoms with Crippen LogP contribution in [0.2, 0.25) is 0 Å². The summed E-state index contributed by atoms with van der Waals surface area (Å²) in [5.74, 6) is -0.808. The molecule has 0 amide bonds. The van der Waals surface area contributed by atoms with Crippen LogP contribution in [0.25, 0.3) is 0 Å². The Bertz CT molecular complexity index is 1170. The molecule has 422 valence electrons. The molecule has 0 aromatic carbocycles. The lowest BCUT2D eigenvalue weighted by atomic mass is 10.0. The van der Waals surface area contributed by atoms with Crippen molar-refractivity contribution in [2.45, 2.75) is 341 Å². The van der Waals surface area contributed by atoms with E-state index in [9.17, 15) is 19.0 Å². The molecule has 0 aliphatic rings. The van der Waals surface area contributed by atoms with E-state index in [4.69, 9.17) is 24.3 Å². The van der Waals surface area contributed by atoms with Crippen molar-refractivity contribution in [1.29, 1.82) is 0 Å². The minimum atomic E-state index is -4.38. The molecule has 0 heterocycles. The predicted molar refractivity (Wildman–Crippen MR) is 303 cm³/mol. The summed E-state index contributed by atoms with van der Waals surface area (Å²) < 4.78 is 33.1. The predicted octanol–water partition coefficient (Wildman–Crippen LogP) is 19.6. The molecule has 71 heavy (non-hydrogen) atoms. The van der Waals surface area contributed by atoms with Gasteiger partial charge in [0.2, 0.25) is 0 Å². The summed E-state index contributed by atoms with van der Waals surface area (Å²) in [5.41, 5.74) is 5.39. The fourth-order valence-corrected chi connectivity index (χ4v) is 10.3. The van der Waals surface area contributed by atoms with Crippen LogP contribution in [0.3, 0.4) is 0 Å². The molecule has 0 aromatic heterocycles. The Hall–Kier alpha value is -1.25. The number of hydrogen-bond donors (Lipinski definition) is 2. The molecule has 9 nitrogen and oxygen atoms in total. The lowest BCUT2D eigenvalue weighted by Gasteiger charge is -2.19. The number of hydrogen-bond acceptors (Lipinski definition) is 8. The van der Waals surface area contributed by atoms with Crippen LogP contribution < -0.4 is 5.73 Å². The Labute approximate surface area is 440 Å². The minimum absolute atomic E-state index is 0.0565. The van der Waals surface area contributed by atoms with E-state index in [2.05, 4.69) is 26.0 Å². The van der Waals surface area contributed by atoms with Crippen molar-refractivity contribution in [2.75, 3.05) is 26.4 Å². The Morgan fingerprint density at radius 3 is 1.00 bits per heavy atom. The van der Waals surface area contributed by atoms with Crippen LogP contribution in [0, 0.1) is 0 Å². The van der Waals surface area contributed by atoms with E-state index in [1.165, 1.54) is 263 Å². The first-order valence-electron chi connectivity index (χ1n) is 31.2. The van der Waals surface area contributed by atoms with E-state index in [1.807, 2.05) is 0 Å². The van der Waals surface area contributed by atoms with E-state index in [1.54, 1.807) is 0 Å². The van der Waals surface area contributed by atoms with Crippen molar-refractivity contribution in [3.63, 3.8) is 0 Å². The number of nitrogens with two attached hydrogens (primary N) is 1. The normalized spacial score (nSPS) is 13.0. The molecule has 0 radical (unpaired) electrons. The second kappa shape index (κ2) is 58.0. The summed E-state index contributed by atoms with van der Waals surface area (Å²) in [7, 11) is -4.38. The smallest absolute Gasteiger partial charge is 0.462 e. The molecule has 0 rings (SSSR count). The Morgan fingerprint density at radius 2 is 0.690 bits per heavy atom. The molecule has 0 spiro atoms. The number of rotatable bonds is 60. The van der Waals surface area contributed by atoms with E-state index >= 15 is 0 Å². The van der Waals surface area contributed by atoms with Gasteiger partial charge in [-0.05, 0) is 38.5 Å². The van der Waals surface area contributed by atoms with Gasteiger partial charge in [-0.3, -0.25) is 18.6 Å². The monoisotopic (exact) mass is 1030 g/mol. The fraction of sp³-hybridized carbons (Fsp3) is 0.934. The highest BCUT2D eigenvalue weighted by molar-refractivity contribution is 7.47. The number of carbonyl (C=O) groups is 2. The van der Waals surface area contributed by atoms with Crippen LogP contribution in [0.1, 0.15) is 335 Å². The van der Waals surface area contributed by atoms with Crippen molar-refractivity contribution in [3.05, 3.63) is 12.2 Å². The number of ether oxygens (including phenoxy) is 2. The lowest BCUT2D eigenvalue weighted by molar-refractivity contribution is -0.161. The van der Waals surface area contributed by atoms with Crippen LogP contribution in [-0.2, 0) is 32.7 Å². The van der Waals surface area contributed by atoms with Gasteiger partial charge in [-0.25, -0.2) is 4.57 Å². The highest BCUT2D eigenvalue weighted by Crippen LogP contribution is 2.43. The minimum Gasteiger partial charge on any atom is -0.462 e. The van der Waals surface area contributed by atoms with Gasteiger partial charge in [-0.2, -0.15) is 0 Å². The largest absolute Gasteiger partial charge is 0.472 e. The number of unbranched alkanes of at least 4 members (excludes halogenated alkanes) is 45. The maximum absolute atomic E-state index is 12.7. The average molecular weight is 1030 g/mol. The summed E-state index contributed by atoms with van der Waals surface area (Å²) in [6.45, 7) is 3.81. The topological polar surface area (TPSA) is 134 Å². The quantitative estimate of drug-likeness (QED) is 0.0264. The molecule has 0 fully saturated rings. The molecule has 0 aliphatic carbocycles. The number of carbonyl (C=O) groups excluding carboxylic acids is 2. The van der Waals surface area contributed by atoms with Gasteiger partial charge in [0.25, 0.3) is 0 Å². The van der Waals surface area contributed by atoms with E-state index < -0.39 is 26.5 Å². The SMILES string of the molecule is CCCCCCCCCC/C=C\CCCCCCCCCCCC(=O)OC(COC(=O)CCCCCCCCCCCCCCCCCCCCCCCCCCCCCCC)COP(=O)(O)OCCN. The summed E-state index contributed by atoms with van der Waals surface area (Å²) in [4.78, 5) is 35.2. The first kappa shape index (κ1) is 69.8.